The lowest BCUT2D eigenvalue weighted by Crippen LogP contribution is -2.30. The van der Waals surface area contributed by atoms with Gasteiger partial charge < -0.3 is 5.11 Å². The van der Waals surface area contributed by atoms with Crippen LogP contribution in [-0.2, 0) is 18.4 Å². The van der Waals surface area contributed by atoms with E-state index >= 15 is 0 Å². The predicted molar refractivity (Wildman–Crippen MR) is 88.8 cm³/mol. The molecular formula is C21H18O. The van der Waals surface area contributed by atoms with Crippen LogP contribution < -0.4 is 0 Å². The Kier molecular flexibility index (Phi) is 3.09. The maximum absolute atomic E-state index is 11.8. The van der Waals surface area contributed by atoms with Crippen molar-refractivity contribution in [2.75, 3.05) is 0 Å². The molecule has 3 aromatic rings. The Balaban J connectivity index is 2.08. The van der Waals surface area contributed by atoms with Gasteiger partial charge in [-0.25, -0.2) is 0 Å². The highest BCUT2D eigenvalue weighted by Crippen LogP contribution is 2.42. The molecule has 1 aliphatic carbocycles. The van der Waals surface area contributed by atoms with Crippen molar-refractivity contribution < 1.29 is 5.11 Å². The van der Waals surface area contributed by atoms with Gasteiger partial charge in [-0.1, -0.05) is 78.9 Å². The monoisotopic (exact) mass is 286 g/mol. The molecule has 4 rings (SSSR count). The van der Waals surface area contributed by atoms with Crippen LogP contribution in [0, 0.1) is 0 Å². The lowest BCUT2D eigenvalue weighted by Gasteiger charge is -2.31. The van der Waals surface area contributed by atoms with Crippen molar-refractivity contribution in [3.05, 3.63) is 107 Å². The Labute approximate surface area is 130 Å². The molecule has 0 fully saturated rings. The molecule has 22 heavy (non-hydrogen) atoms. The summed E-state index contributed by atoms with van der Waals surface area (Å²) in [5.41, 5.74) is 4.31. The Hall–Kier alpha value is -2.38. The maximum Gasteiger partial charge on any atom is 0.141 e. The fraction of sp³-hybridized carbons (Fsp3) is 0.143. The van der Waals surface area contributed by atoms with Crippen molar-refractivity contribution in [2.24, 2.45) is 0 Å². The van der Waals surface area contributed by atoms with Crippen LogP contribution >= 0.6 is 0 Å². The SMILES string of the molecule is OC1(c2ccccc2)c2ccccc2CCc2ccccc21. The van der Waals surface area contributed by atoms with Gasteiger partial charge in [0.1, 0.15) is 5.60 Å². The topological polar surface area (TPSA) is 20.2 Å². The zero-order valence-electron chi connectivity index (χ0n) is 12.4. The van der Waals surface area contributed by atoms with Crippen molar-refractivity contribution >= 4 is 0 Å². The number of aryl methyl sites for hydroxylation is 2. The first-order valence-corrected chi connectivity index (χ1v) is 7.75. The molecule has 1 heteroatoms. The van der Waals surface area contributed by atoms with Gasteiger partial charge in [0.25, 0.3) is 0 Å². The Morgan fingerprint density at radius 2 is 1.05 bits per heavy atom. The van der Waals surface area contributed by atoms with Gasteiger partial charge in [0.05, 0.1) is 0 Å². The summed E-state index contributed by atoms with van der Waals surface area (Å²) in [7, 11) is 0. The summed E-state index contributed by atoms with van der Waals surface area (Å²) in [6, 6.07) is 26.5. The zero-order chi connectivity index (χ0) is 15.0. The van der Waals surface area contributed by atoms with Gasteiger partial charge in [0.2, 0.25) is 0 Å². The highest BCUT2D eigenvalue weighted by atomic mass is 16.3. The number of rotatable bonds is 1. The molecule has 0 spiro atoms. The molecule has 0 aliphatic heterocycles. The fourth-order valence-electron chi connectivity index (χ4n) is 3.59. The summed E-state index contributed by atoms with van der Waals surface area (Å²) in [6.07, 6.45) is 1.92. The number of fused-ring (bicyclic) bond motifs is 2. The van der Waals surface area contributed by atoms with Crippen LogP contribution in [0.2, 0.25) is 0 Å². The van der Waals surface area contributed by atoms with Gasteiger partial charge in [-0.3, -0.25) is 0 Å². The van der Waals surface area contributed by atoms with E-state index in [0.717, 1.165) is 29.5 Å². The molecule has 0 radical (unpaired) electrons. The Bertz CT molecular complexity index is 757. The summed E-state index contributed by atoms with van der Waals surface area (Å²) >= 11 is 0. The number of benzene rings is 3. The maximum atomic E-state index is 11.8. The van der Waals surface area contributed by atoms with Crippen molar-refractivity contribution in [1.82, 2.24) is 0 Å². The average Bonchev–Trinajstić information content (AvgIpc) is 2.73. The van der Waals surface area contributed by atoms with E-state index in [2.05, 4.69) is 36.4 Å². The first-order valence-electron chi connectivity index (χ1n) is 7.75. The molecule has 1 aliphatic rings. The van der Waals surface area contributed by atoms with Gasteiger partial charge in [0, 0.05) is 0 Å². The minimum atomic E-state index is -1.08. The molecule has 3 aromatic carbocycles. The van der Waals surface area contributed by atoms with Gasteiger partial charge in [-0.05, 0) is 40.7 Å². The largest absolute Gasteiger partial charge is 0.376 e. The second-order valence-electron chi connectivity index (χ2n) is 5.89. The Morgan fingerprint density at radius 1 is 0.591 bits per heavy atom. The third kappa shape index (κ3) is 1.90. The van der Waals surface area contributed by atoms with E-state index in [1.807, 2.05) is 42.5 Å². The van der Waals surface area contributed by atoms with E-state index in [1.54, 1.807) is 0 Å². The minimum Gasteiger partial charge on any atom is -0.376 e. The highest BCUT2D eigenvalue weighted by molar-refractivity contribution is 5.54. The third-order valence-electron chi connectivity index (χ3n) is 4.67. The van der Waals surface area contributed by atoms with Crippen LogP contribution in [0.3, 0.4) is 0 Å². The van der Waals surface area contributed by atoms with Crippen molar-refractivity contribution in [3.8, 4) is 0 Å². The molecule has 0 atom stereocenters. The molecule has 0 saturated heterocycles. The van der Waals surface area contributed by atoms with Crippen molar-refractivity contribution in [2.45, 2.75) is 18.4 Å². The van der Waals surface area contributed by atoms with E-state index in [0.29, 0.717) is 0 Å². The summed E-state index contributed by atoms with van der Waals surface area (Å²) in [5.74, 6) is 0. The summed E-state index contributed by atoms with van der Waals surface area (Å²) in [5, 5.41) is 11.8. The average molecular weight is 286 g/mol. The summed E-state index contributed by atoms with van der Waals surface area (Å²) in [4.78, 5) is 0. The molecule has 0 heterocycles. The van der Waals surface area contributed by atoms with Gasteiger partial charge >= 0.3 is 0 Å². The first-order chi connectivity index (χ1) is 10.8. The predicted octanol–water partition coefficient (Wildman–Crippen LogP) is 4.07. The normalized spacial score (nSPS) is 15.5. The second-order valence-corrected chi connectivity index (χ2v) is 5.89. The lowest BCUT2D eigenvalue weighted by molar-refractivity contribution is 0.125. The van der Waals surface area contributed by atoms with Crippen LogP contribution in [0.4, 0.5) is 0 Å². The standard InChI is InChI=1S/C21H18O/c22-21(18-10-2-1-3-11-18)19-12-6-4-8-16(19)14-15-17-9-5-7-13-20(17)21/h1-13,22H,14-15H2. The fourth-order valence-corrected chi connectivity index (χ4v) is 3.59. The molecule has 0 amide bonds. The molecule has 0 aromatic heterocycles. The number of hydrogen-bond donors (Lipinski definition) is 1. The van der Waals surface area contributed by atoms with Gasteiger partial charge in [0.15, 0.2) is 0 Å². The quantitative estimate of drug-likeness (QED) is 0.715. The van der Waals surface area contributed by atoms with Crippen LogP contribution in [0.15, 0.2) is 78.9 Å². The van der Waals surface area contributed by atoms with Crippen LogP contribution in [0.25, 0.3) is 0 Å². The highest BCUT2D eigenvalue weighted by Gasteiger charge is 2.38. The molecule has 0 bridgehead atoms. The smallest absolute Gasteiger partial charge is 0.141 e. The van der Waals surface area contributed by atoms with E-state index in [-0.39, 0.29) is 0 Å². The number of hydrogen-bond acceptors (Lipinski definition) is 1. The third-order valence-corrected chi connectivity index (χ3v) is 4.67. The van der Waals surface area contributed by atoms with Gasteiger partial charge in [-0.15, -0.1) is 0 Å². The molecule has 108 valence electrons. The summed E-state index contributed by atoms with van der Waals surface area (Å²) in [6.45, 7) is 0. The molecule has 1 N–H and O–H groups in total. The first kappa shape index (κ1) is 13.3. The second kappa shape index (κ2) is 5.11. The summed E-state index contributed by atoms with van der Waals surface area (Å²) < 4.78 is 0. The van der Waals surface area contributed by atoms with Crippen LogP contribution in [0.1, 0.15) is 27.8 Å². The van der Waals surface area contributed by atoms with Crippen molar-refractivity contribution in [3.63, 3.8) is 0 Å². The van der Waals surface area contributed by atoms with Gasteiger partial charge in [-0.2, -0.15) is 0 Å². The minimum absolute atomic E-state index is 0.928. The van der Waals surface area contributed by atoms with E-state index in [9.17, 15) is 5.11 Å². The zero-order valence-corrected chi connectivity index (χ0v) is 12.4. The van der Waals surface area contributed by atoms with E-state index in [4.69, 9.17) is 0 Å². The van der Waals surface area contributed by atoms with Crippen molar-refractivity contribution in [1.29, 1.82) is 0 Å². The molecule has 0 unspecified atom stereocenters. The van der Waals surface area contributed by atoms with E-state index in [1.165, 1.54) is 11.1 Å². The van der Waals surface area contributed by atoms with Crippen LogP contribution in [0.5, 0.6) is 0 Å². The lowest BCUT2D eigenvalue weighted by atomic mass is 9.78. The Morgan fingerprint density at radius 3 is 1.59 bits per heavy atom. The van der Waals surface area contributed by atoms with E-state index < -0.39 is 5.60 Å². The molecule has 0 saturated carbocycles. The number of aliphatic hydroxyl groups is 1. The van der Waals surface area contributed by atoms with Crippen LogP contribution in [-0.4, -0.2) is 5.11 Å². The molecular weight excluding hydrogens is 268 g/mol. The molecule has 1 nitrogen and oxygen atoms in total.